The molecule has 0 atom stereocenters. The van der Waals surface area contributed by atoms with Crippen LogP contribution in [0.1, 0.15) is 6.92 Å². The summed E-state index contributed by atoms with van der Waals surface area (Å²) in [5.41, 5.74) is -0.301. The number of carbonyl (C=O) groups excluding carboxylic acids is 1. The number of halogens is 1. The summed E-state index contributed by atoms with van der Waals surface area (Å²) < 4.78 is 9.87. The molecular weight excluding hydrogens is 290 g/mol. The first-order valence-corrected chi connectivity index (χ1v) is 5.67. The second-order valence-corrected chi connectivity index (χ2v) is 4.02. The van der Waals surface area contributed by atoms with Crippen molar-refractivity contribution in [1.82, 2.24) is 9.97 Å². The number of carbonyl (C=O) groups is 1. The van der Waals surface area contributed by atoms with E-state index in [1.54, 1.807) is 0 Å². The second kappa shape index (κ2) is 5.25. The number of methoxy groups -OCH3 is 1. The van der Waals surface area contributed by atoms with E-state index >= 15 is 0 Å². The zero-order valence-corrected chi connectivity index (χ0v) is 11.2. The average molecular weight is 298 g/mol. The summed E-state index contributed by atoms with van der Waals surface area (Å²) in [6.45, 7) is 1.12. The largest absolute Gasteiger partial charge is 0.492 e. The molecule has 1 heterocycles. The van der Waals surface area contributed by atoms with E-state index in [-0.39, 0.29) is 27.6 Å². The number of hydrogen-bond acceptors (Lipinski definition) is 7. The standard InChI is InChI=1S/C11H8ClN3O5/c1-5(16)20-10-7(19-2)3-6-8(9(10)15(17)18)11(12)14-4-13-6/h3-4H,1-2H3. The van der Waals surface area contributed by atoms with Gasteiger partial charge in [0.25, 0.3) is 5.75 Å². The van der Waals surface area contributed by atoms with Crippen molar-refractivity contribution < 1.29 is 19.2 Å². The van der Waals surface area contributed by atoms with Gasteiger partial charge in [-0.25, -0.2) is 9.97 Å². The van der Waals surface area contributed by atoms with E-state index < -0.39 is 16.6 Å². The van der Waals surface area contributed by atoms with Crippen molar-refractivity contribution in [1.29, 1.82) is 0 Å². The number of nitrogens with zero attached hydrogens (tertiary/aromatic N) is 3. The Morgan fingerprint density at radius 2 is 2.15 bits per heavy atom. The number of aromatic nitrogens is 2. The fraction of sp³-hybridized carbons (Fsp3) is 0.182. The Labute approximate surface area is 117 Å². The van der Waals surface area contributed by atoms with Crippen LogP contribution in [0.3, 0.4) is 0 Å². The molecule has 1 aromatic heterocycles. The highest BCUT2D eigenvalue weighted by Crippen LogP contribution is 2.44. The number of esters is 1. The minimum absolute atomic E-state index is 0.00849. The quantitative estimate of drug-likeness (QED) is 0.281. The Morgan fingerprint density at radius 3 is 2.70 bits per heavy atom. The van der Waals surface area contributed by atoms with Crippen LogP contribution in [0.4, 0.5) is 5.69 Å². The van der Waals surface area contributed by atoms with Gasteiger partial charge in [0.15, 0.2) is 5.75 Å². The molecule has 8 nitrogen and oxygen atoms in total. The van der Waals surface area contributed by atoms with E-state index in [2.05, 4.69) is 9.97 Å². The Hall–Kier alpha value is -2.48. The SMILES string of the molecule is COc1cc2ncnc(Cl)c2c([N+](=O)[O-])c1OC(C)=O. The first-order valence-electron chi connectivity index (χ1n) is 5.29. The van der Waals surface area contributed by atoms with Crippen molar-refractivity contribution in [2.75, 3.05) is 7.11 Å². The van der Waals surface area contributed by atoms with Crippen molar-refractivity contribution in [3.8, 4) is 11.5 Å². The Bertz CT molecular complexity index is 719. The molecule has 0 spiro atoms. The molecule has 0 N–H and O–H groups in total. The van der Waals surface area contributed by atoms with E-state index in [0.717, 1.165) is 6.92 Å². The minimum Gasteiger partial charge on any atom is -0.492 e. The third kappa shape index (κ3) is 2.32. The zero-order valence-electron chi connectivity index (χ0n) is 10.4. The van der Waals surface area contributed by atoms with Crippen molar-refractivity contribution in [2.45, 2.75) is 6.92 Å². The molecular formula is C11H8ClN3O5. The molecule has 0 saturated heterocycles. The van der Waals surface area contributed by atoms with Gasteiger partial charge in [0.2, 0.25) is 0 Å². The van der Waals surface area contributed by atoms with Crippen LogP contribution in [0.2, 0.25) is 5.15 Å². The summed E-state index contributed by atoms with van der Waals surface area (Å²) in [7, 11) is 1.29. The molecule has 0 aliphatic rings. The predicted octanol–water partition coefficient (Wildman–Crippen LogP) is 2.13. The van der Waals surface area contributed by atoms with Crippen LogP contribution < -0.4 is 9.47 Å². The molecule has 2 rings (SSSR count). The van der Waals surface area contributed by atoms with E-state index in [1.165, 1.54) is 19.5 Å². The van der Waals surface area contributed by atoms with Crippen LogP contribution in [0, 0.1) is 10.1 Å². The van der Waals surface area contributed by atoms with Gasteiger partial charge in [0.05, 0.1) is 17.5 Å². The highest BCUT2D eigenvalue weighted by atomic mass is 35.5. The fourth-order valence-electron chi connectivity index (χ4n) is 1.69. The minimum atomic E-state index is -0.724. The third-order valence-corrected chi connectivity index (χ3v) is 2.71. The van der Waals surface area contributed by atoms with E-state index in [0.29, 0.717) is 0 Å². The molecule has 1 aromatic carbocycles. The molecule has 0 bridgehead atoms. The molecule has 0 fully saturated rings. The van der Waals surface area contributed by atoms with Crippen molar-refractivity contribution in [3.63, 3.8) is 0 Å². The summed E-state index contributed by atoms with van der Waals surface area (Å²) in [4.78, 5) is 29.3. The molecule has 9 heteroatoms. The number of fused-ring (bicyclic) bond motifs is 1. The number of nitro benzene ring substituents is 1. The van der Waals surface area contributed by atoms with Gasteiger partial charge in [-0.2, -0.15) is 0 Å². The Kier molecular flexibility index (Phi) is 3.66. The molecule has 104 valence electrons. The number of hydrogen-bond donors (Lipinski definition) is 0. The Balaban J connectivity index is 2.93. The van der Waals surface area contributed by atoms with Crippen LogP contribution in [0.25, 0.3) is 10.9 Å². The van der Waals surface area contributed by atoms with Gasteiger partial charge in [-0.05, 0) is 0 Å². The summed E-state index contributed by atoms with van der Waals surface area (Å²) >= 11 is 5.87. The van der Waals surface area contributed by atoms with Crippen LogP contribution in [0.5, 0.6) is 11.5 Å². The molecule has 0 unspecified atom stereocenters. The number of nitro groups is 1. The Morgan fingerprint density at radius 1 is 1.45 bits per heavy atom. The topological polar surface area (TPSA) is 104 Å². The molecule has 20 heavy (non-hydrogen) atoms. The molecule has 2 aromatic rings. The normalized spacial score (nSPS) is 10.3. The predicted molar refractivity (Wildman–Crippen MR) is 69.1 cm³/mol. The second-order valence-electron chi connectivity index (χ2n) is 3.67. The number of ether oxygens (including phenoxy) is 2. The van der Waals surface area contributed by atoms with Gasteiger partial charge in [-0.15, -0.1) is 0 Å². The highest BCUT2D eigenvalue weighted by molar-refractivity contribution is 6.35. The van der Waals surface area contributed by atoms with E-state index in [1.807, 2.05) is 0 Å². The summed E-state index contributed by atoms with van der Waals surface area (Å²) in [5, 5.41) is 11.2. The zero-order chi connectivity index (χ0) is 14.9. The molecule has 0 saturated carbocycles. The van der Waals surface area contributed by atoms with Crippen molar-refractivity contribution in [3.05, 3.63) is 27.7 Å². The van der Waals surface area contributed by atoms with Crippen LogP contribution in [-0.4, -0.2) is 28.0 Å². The molecule has 0 radical (unpaired) electrons. The maximum atomic E-state index is 11.3. The third-order valence-electron chi connectivity index (χ3n) is 2.42. The summed E-state index contributed by atoms with van der Waals surface area (Å²) in [6, 6.07) is 1.38. The van der Waals surface area contributed by atoms with Crippen LogP contribution in [-0.2, 0) is 4.79 Å². The van der Waals surface area contributed by atoms with Gasteiger partial charge in [-0.1, -0.05) is 11.6 Å². The maximum Gasteiger partial charge on any atom is 0.328 e. The van der Waals surface area contributed by atoms with Gasteiger partial charge in [-0.3, -0.25) is 14.9 Å². The lowest BCUT2D eigenvalue weighted by Crippen LogP contribution is -2.07. The molecule has 0 aliphatic carbocycles. The van der Waals surface area contributed by atoms with E-state index in [9.17, 15) is 14.9 Å². The lowest BCUT2D eigenvalue weighted by molar-refractivity contribution is -0.383. The fourth-order valence-corrected chi connectivity index (χ4v) is 1.92. The first-order chi connectivity index (χ1) is 9.45. The lowest BCUT2D eigenvalue weighted by Gasteiger charge is -2.10. The smallest absolute Gasteiger partial charge is 0.328 e. The van der Waals surface area contributed by atoms with Gasteiger partial charge < -0.3 is 9.47 Å². The lowest BCUT2D eigenvalue weighted by atomic mass is 10.2. The van der Waals surface area contributed by atoms with E-state index in [4.69, 9.17) is 21.1 Å². The molecule has 0 aliphatic heterocycles. The maximum absolute atomic E-state index is 11.3. The van der Waals surface area contributed by atoms with Gasteiger partial charge >= 0.3 is 11.7 Å². The average Bonchev–Trinajstić information content (AvgIpc) is 2.37. The van der Waals surface area contributed by atoms with Gasteiger partial charge in [0.1, 0.15) is 16.9 Å². The number of benzene rings is 1. The van der Waals surface area contributed by atoms with Crippen molar-refractivity contribution >= 4 is 34.2 Å². The summed E-state index contributed by atoms with van der Waals surface area (Å²) in [5.74, 6) is -1.04. The van der Waals surface area contributed by atoms with Crippen molar-refractivity contribution in [2.24, 2.45) is 0 Å². The highest BCUT2D eigenvalue weighted by Gasteiger charge is 2.29. The number of rotatable bonds is 3. The first kappa shape index (κ1) is 13.9. The molecule has 0 amide bonds. The van der Waals surface area contributed by atoms with Crippen LogP contribution in [0.15, 0.2) is 12.4 Å². The van der Waals surface area contributed by atoms with Crippen LogP contribution >= 0.6 is 11.6 Å². The summed E-state index contributed by atoms with van der Waals surface area (Å²) in [6.07, 6.45) is 1.17. The van der Waals surface area contributed by atoms with Gasteiger partial charge in [0, 0.05) is 13.0 Å². The monoisotopic (exact) mass is 297 g/mol.